The molecular weight excluding hydrogens is 541 g/mol. The summed E-state index contributed by atoms with van der Waals surface area (Å²) < 4.78 is 18.5. The molecule has 2 saturated carbocycles. The zero-order valence-electron chi connectivity index (χ0n) is 27.3. The van der Waals surface area contributed by atoms with E-state index < -0.39 is 29.3 Å². The summed E-state index contributed by atoms with van der Waals surface area (Å²) in [7, 11) is -0.477. The van der Waals surface area contributed by atoms with E-state index in [1.807, 2.05) is 20.8 Å². The molecule has 0 aromatic heterocycles. The van der Waals surface area contributed by atoms with Gasteiger partial charge in [-0.3, -0.25) is 9.69 Å². The molecule has 5 fully saturated rings. The van der Waals surface area contributed by atoms with Crippen LogP contribution in [0.1, 0.15) is 105 Å². The minimum absolute atomic E-state index is 0.199. The second-order valence-corrected chi connectivity index (χ2v) is 16.4. The van der Waals surface area contributed by atoms with E-state index in [4.69, 9.17) is 14.0 Å². The Morgan fingerprint density at radius 1 is 0.930 bits per heavy atom. The van der Waals surface area contributed by atoms with Crippen LogP contribution in [0.2, 0.25) is 0 Å². The van der Waals surface area contributed by atoms with Crippen LogP contribution in [0.4, 0.5) is 10.5 Å². The lowest BCUT2D eigenvalue weighted by molar-refractivity contribution is -0.126. The molecule has 4 heterocycles. The largest absolute Gasteiger partial charge is 0.494 e. The van der Waals surface area contributed by atoms with Gasteiger partial charge in [0.25, 0.3) is 0 Å². The summed E-state index contributed by atoms with van der Waals surface area (Å²) in [5.41, 5.74) is 1.65. The van der Waals surface area contributed by atoms with E-state index >= 15 is 0 Å². The van der Waals surface area contributed by atoms with Gasteiger partial charge in [-0.1, -0.05) is 12.1 Å². The van der Waals surface area contributed by atoms with Crippen LogP contribution in [0.25, 0.3) is 0 Å². The molecule has 234 valence electrons. The Hall–Kier alpha value is -2.10. The average molecular weight is 592 g/mol. The third-order valence-corrected chi connectivity index (χ3v) is 11.8. The second kappa shape index (κ2) is 9.70. The maximum atomic E-state index is 14.6. The Bertz CT molecular complexity index is 1290. The number of amides is 2. The topological polar surface area (TPSA) is 71.6 Å². The lowest BCUT2D eigenvalue weighted by Gasteiger charge is -2.49. The first-order valence-corrected chi connectivity index (χ1v) is 16.7. The maximum Gasteiger partial charge on any atom is 0.494 e. The van der Waals surface area contributed by atoms with Crippen LogP contribution in [-0.4, -0.2) is 84.0 Å². The average Bonchev–Trinajstić information content (AvgIpc) is 3.54. The fourth-order valence-corrected chi connectivity index (χ4v) is 8.19. The fraction of sp³-hybridized carbons (Fsp3) is 0.765. The lowest BCUT2D eigenvalue weighted by Crippen LogP contribution is -2.59. The van der Waals surface area contributed by atoms with Gasteiger partial charge in [-0.25, -0.2) is 4.79 Å². The first kappa shape index (κ1) is 29.6. The molecule has 0 N–H and O–H groups in total. The van der Waals surface area contributed by atoms with E-state index in [-0.39, 0.29) is 18.0 Å². The van der Waals surface area contributed by atoms with Crippen molar-refractivity contribution in [1.82, 2.24) is 9.80 Å². The molecular formula is C34H50BN3O5. The summed E-state index contributed by atoms with van der Waals surface area (Å²) in [5, 5.41) is 0. The zero-order chi connectivity index (χ0) is 30.6. The van der Waals surface area contributed by atoms with Crippen LogP contribution >= 0.6 is 0 Å². The van der Waals surface area contributed by atoms with Crippen LogP contribution in [0.3, 0.4) is 0 Å². The summed E-state index contributed by atoms with van der Waals surface area (Å²) in [4.78, 5) is 34.1. The van der Waals surface area contributed by atoms with E-state index in [1.54, 1.807) is 4.90 Å². The molecule has 0 unspecified atom stereocenters. The molecule has 2 spiro atoms. The molecule has 1 aromatic rings. The van der Waals surface area contributed by atoms with Crippen molar-refractivity contribution in [3.05, 3.63) is 23.8 Å². The monoisotopic (exact) mass is 591 g/mol. The van der Waals surface area contributed by atoms with Gasteiger partial charge in [0.2, 0.25) is 5.91 Å². The Morgan fingerprint density at radius 3 is 2.19 bits per heavy atom. The minimum Gasteiger partial charge on any atom is -0.444 e. The smallest absolute Gasteiger partial charge is 0.444 e. The van der Waals surface area contributed by atoms with E-state index in [0.717, 1.165) is 29.6 Å². The number of rotatable bonds is 3. The molecule has 43 heavy (non-hydrogen) atoms. The van der Waals surface area contributed by atoms with Gasteiger partial charge in [0.1, 0.15) is 5.60 Å². The standard InChI is InChI=1S/C34H50BN3O5/c1-30(2,3)41-29(40)36-17-14-34(15-18-36)26-10-9-23(35-42-31(4,5)32(6,7)43-35)19-27(26)38(28(34)39)25-20-24(21-25)37-16-8-11-33(22-37)12-13-33/h9-10,19,24-25H,8,11-18,20-22H2,1-7H3/t24-,25+. The fourth-order valence-electron chi connectivity index (χ4n) is 8.19. The molecule has 7 rings (SSSR count). The molecule has 8 nitrogen and oxygen atoms in total. The van der Waals surface area contributed by atoms with Gasteiger partial charge < -0.3 is 23.8 Å². The molecule has 9 heteroatoms. The molecule has 0 bridgehead atoms. The molecule has 3 saturated heterocycles. The predicted molar refractivity (Wildman–Crippen MR) is 168 cm³/mol. The third kappa shape index (κ3) is 4.92. The summed E-state index contributed by atoms with van der Waals surface area (Å²) in [6, 6.07) is 7.17. The molecule has 0 radical (unpaired) electrons. The number of hydrogen-bond acceptors (Lipinski definition) is 6. The highest BCUT2D eigenvalue weighted by Gasteiger charge is 2.58. The van der Waals surface area contributed by atoms with E-state index in [2.05, 4.69) is 55.7 Å². The number of carbonyl (C=O) groups excluding carboxylic acids is 2. The van der Waals surface area contributed by atoms with Crippen molar-refractivity contribution in [3.63, 3.8) is 0 Å². The van der Waals surface area contributed by atoms with Gasteiger partial charge >= 0.3 is 13.2 Å². The Morgan fingerprint density at radius 2 is 1.58 bits per heavy atom. The molecule has 2 amide bonds. The van der Waals surface area contributed by atoms with E-state index in [0.29, 0.717) is 37.4 Å². The van der Waals surface area contributed by atoms with E-state index in [9.17, 15) is 9.59 Å². The minimum atomic E-state index is -0.614. The maximum absolute atomic E-state index is 14.6. The summed E-state index contributed by atoms with van der Waals surface area (Å²) in [6.45, 7) is 17.4. The molecule has 0 atom stereocenters. The van der Waals surface area contributed by atoms with Crippen molar-refractivity contribution in [2.75, 3.05) is 31.1 Å². The van der Waals surface area contributed by atoms with Gasteiger partial charge in [-0.05, 0) is 129 Å². The molecule has 1 aromatic carbocycles. The predicted octanol–water partition coefficient (Wildman–Crippen LogP) is 5.01. The number of anilines is 1. The number of carbonyl (C=O) groups is 2. The summed E-state index contributed by atoms with van der Waals surface area (Å²) in [6.07, 6.45) is 8.46. The van der Waals surface area contributed by atoms with Crippen molar-refractivity contribution in [2.24, 2.45) is 5.41 Å². The van der Waals surface area contributed by atoms with Gasteiger partial charge in [0, 0.05) is 37.4 Å². The molecule has 6 aliphatic rings. The highest BCUT2D eigenvalue weighted by molar-refractivity contribution is 6.62. The van der Waals surface area contributed by atoms with Gasteiger partial charge in [0.05, 0.1) is 16.6 Å². The van der Waals surface area contributed by atoms with Gasteiger partial charge in [0.15, 0.2) is 0 Å². The highest BCUT2D eigenvalue weighted by atomic mass is 16.7. The number of benzene rings is 1. The molecule has 4 aliphatic heterocycles. The Kier molecular flexibility index (Phi) is 6.68. The van der Waals surface area contributed by atoms with Crippen molar-refractivity contribution < 1.29 is 23.6 Å². The van der Waals surface area contributed by atoms with Crippen LogP contribution in [-0.2, 0) is 24.3 Å². The van der Waals surface area contributed by atoms with Crippen molar-refractivity contribution in [2.45, 2.75) is 134 Å². The van der Waals surface area contributed by atoms with Crippen LogP contribution in [0.5, 0.6) is 0 Å². The number of ether oxygens (including phenoxy) is 1. The van der Waals surface area contributed by atoms with Crippen LogP contribution in [0, 0.1) is 5.41 Å². The Labute approximate surface area is 257 Å². The second-order valence-electron chi connectivity index (χ2n) is 16.4. The summed E-state index contributed by atoms with van der Waals surface area (Å²) in [5.74, 6) is 0.207. The normalized spacial score (nSPS) is 30.5. The molecule has 2 aliphatic carbocycles. The van der Waals surface area contributed by atoms with E-state index in [1.165, 1.54) is 38.8 Å². The SMILES string of the molecule is CC(C)(C)OC(=O)N1CCC2(CC1)C(=O)N([C@H]1C[C@@H](N3CCCC4(CC4)C3)C1)c1cc(B3OC(C)(C)C(C)(C)O3)ccc12. The number of likely N-dealkylation sites (tertiary alicyclic amines) is 2. The first-order chi connectivity index (χ1) is 20.1. The van der Waals surface area contributed by atoms with Crippen molar-refractivity contribution >= 4 is 30.3 Å². The van der Waals surface area contributed by atoms with Crippen LogP contribution < -0.4 is 10.4 Å². The quantitative estimate of drug-likeness (QED) is 0.461. The first-order valence-electron chi connectivity index (χ1n) is 16.7. The van der Waals surface area contributed by atoms with Crippen molar-refractivity contribution in [1.29, 1.82) is 0 Å². The lowest BCUT2D eigenvalue weighted by atomic mass is 9.71. The number of piperidine rings is 2. The number of hydrogen-bond donors (Lipinski definition) is 0. The summed E-state index contributed by atoms with van der Waals surface area (Å²) >= 11 is 0. The van der Waals surface area contributed by atoms with Gasteiger partial charge in [-0.2, -0.15) is 0 Å². The van der Waals surface area contributed by atoms with Crippen molar-refractivity contribution in [3.8, 4) is 0 Å². The Balaban J connectivity index is 1.15. The number of fused-ring (bicyclic) bond motifs is 2. The highest BCUT2D eigenvalue weighted by Crippen LogP contribution is 2.55. The van der Waals surface area contributed by atoms with Crippen LogP contribution in [0.15, 0.2) is 18.2 Å². The third-order valence-electron chi connectivity index (χ3n) is 11.8. The zero-order valence-corrected chi connectivity index (χ0v) is 27.3. The van der Waals surface area contributed by atoms with Gasteiger partial charge in [-0.15, -0.1) is 0 Å². The number of nitrogens with zero attached hydrogens (tertiary/aromatic N) is 3.